The summed E-state index contributed by atoms with van der Waals surface area (Å²) in [6.45, 7) is 5.41. The average molecular weight is 225 g/mol. The Morgan fingerprint density at radius 2 is 2.33 bits per heavy atom. The van der Waals surface area contributed by atoms with E-state index in [1.165, 1.54) is 12.8 Å². The number of rotatable bonds is 7. The van der Waals surface area contributed by atoms with Crippen LogP contribution in [0.5, 0.6) is 0 Å². The van der Waals surface area contributed by atoms with Crippen molar-refractivity contribution in [3.05, 3.63) is 18.6 Å². The molecule has 1 atom stereocenters. The van der Waals surface area contributed by atoms with Crippen molar-refractivity contribution in [1.29, 1.82) is 0 Å². The first-order chi connectivity index (χ1) is 7.36. The van der Waals surface area contributed by atoms with Gasteiger partial charge in [-0.3, -0.25) is 0 Å². The number of nitrogens with one attached hydrogen (secondary N) is 1. The predicted octanol–water partition coefficient (Wildman–Crippen LogP) is 2.35. The molecule has 1 aromatic rings. The fourth-order valence-corrected chi connectivity index (χ4v) is 2.37. The van der Waals surface area contributed by atoms with Gasteiger partial charge in [0.2, 0.25) is 0 Å². The second-order valence-corrected chi connectivity index (χ2v) is 4.44. The number of hydrogen-bond donors (Lipinski definition) is 1. The van der Waals surface area contributed by atoms with E-state index in [2.05, 4.69) is 29.1 Å². The van der Waals surface area contributed by atoms with Crippen LogP contribution >= 0.6 is 11.8 Å². The van der Waals surface area contributed by atoms with E-state index in [-0.39, 0.29) is 0 Å². The Kier molecular flexibility index (Phi) is 6.36. The quantitative estimate of drug-likeness (QED) is 0.571. The Morgan fingerprint density at radius 1 is 1.47 bits per heavy atom. The first-order valence-electron chi connectivity index (χ1n) is 5.49. The molecular weight excluding hydrogens is 206 g/mol. The summed E-state index contributed by atoms with van der Waals surface area (Å²) < 4.78 is 0. The van der Waals surface area contributed by atoms with Gasteiger partial charge in [-0.2, -0.15) is 0 Å². The van der Waals surface area contributed by atoms with Gasteiger partial charge in [0.05, 0.1) is 5.03 Å². The van der Waals surface area contributed by atoms with Crippen molar-refractivity contribution in [2.24, 2.45) is 0 Å². The third-order valence-electron chi connectivity index (χ3n) is 2.12. The van der Waals surface area contributed by atoms with Crippen LogP contribution in [-0.2, 0) is 0 Å². The van der Waals surface area contributed by atoms with Gasteiger partial charge in [0.15, 0.2) is 0 Å². The van der Waals surface area contributed by atoms with Crippen molar-refractivity contribution in [2.45, 2.75) is 37.8 Å². The topological polar surface area (TPSA) is 37.8 Å². The van der Waals surface area contributed by atoms with E-state index < -0.39 is 0 Å². The molecule has 0 saturated heterocycles. The van der Waals surface area contributed by atoms with Crippen molar-refractivity contribution in [3.8, 4) is 0 Å². The van der Waals surface area contributed by atoms with Crippen molar-refractivity contribution in [2.75, 3.05) is 12.3 Å². The largest absolute Gasteiger partial charge is 0.313 e. The maximum atomic E-state index is 4.20. The maximum Gasteiger partial charge on any atom is 0.116 e. The molecule has 0 aliphatic heterocycles. The summed E-state index contributed by atoms with van der Waals surface area (Å²) in [7, 11) is 0. The van der Waals surface area contributed by atoms with E-state index >= 15 is 0 Å². The van der Waals surface area contributed by atoms with Crippen LogP contribution in [0.25, 0.3) is 0 Å². The van der Waals surface area contributed by atoms with Crippen molar-refractivity contribution >= 4 is 11.8 Å². The fraction of sp³-hybridized carbons (Fsp3) is 0.636. The first-order valence-corrected chi connectivity index (χ1v) is 6.47. The monoisotopic (exact) mass is 225 g/mol. The summed E-state index contributed by atoms with van der Waals surface area (Å²) in [5, 5.41) is 4.55. The molecule has 0 amide bonds. The summed E-state index contributed by atoms with van der Waals surface area (Å²) in [4.78, 5) is 8.10. The van der Waals surface area contributed by atoms with E-state index in [1.54, 1.807) is 24.3 Å². The standard InChI is InChI=1S/C11H19N3S/c1-3-5-10(13-4-2)8-15-11-6-7-12-9-14-11/h6-7,9-10,13H,3-5,8H2,1-2H3. The zero-order chi connectivity index (χ0) is 10.9. The second kappa shape index (κ2) is 7.65. The van der Waals surface area contributed by atoms with Crippen LogP contribution in [0.15, 0.2) is 23.6 Å². The van der Waals surface area contributed by atoms with Gasteiger partial charge in [-0.05, 0) is 19.0 Å². The van der Waals surface area contributed by atoms with Crippen molar-refractivity contribution < 1.29 is 0 Å². The number of aromatic nitrogens is 2. The lowest BCUT2D eigenvalue weighted by Gasteiger charge is -2.15. The highest BCUT2D eigenvalue weighted by atomic mass is 32.2. The minimum atomic E-state index is 0.597. The molecule has 0 radical (unpaired) electrons. The molecule has 1 rings (SSSR count). The number of nitrogens with zero attached hydrogens (tertiary/aromatic N) is 2. The van der Waals surface area contributed by atoms with E-state index in [9.17, 15) is 0 Å². The van der Waals surface area contributed by atoms with Crippen LogP contribution in [0.3, 0.4) is 0 Å². The summed E-state index contributed by atoms with van der Waals surface area (Å²) in [6.07, 6.45) is 5.84. The number of thioether (sulfide) groups is 1. The molecule has 3 nitrogen and oxygen atoms in total. The molecule has 1 heterocycles. The molecule has 1 unspecified atom stereocenters. The molecule has 0 aliphatic rings. The van der Waals surface area contributed by atoms with Crippen LogP contribution in [0.1, 0.15) is 26.7 Å². The lowest BCUT2D eigenvalue weighted by molar-refractivity contribution is 0.531. The molecular formula is C11H19N3S. The fourth-order valence-electron chi connectivity index (χ4n) is 1.43. The highest BCUT2D eigenvalue weighted by Crippen LogP contribution is 2.16. The highest BCUT2D eigenvalue weighted by molar-refractivity contribution is 7.99. The van der Waals surface area contributed by atoms with Gasteiger partial charge in [0.1, 0.15) is 6.33 Å². The first kappa shape index (κ1) is 12.5. The van der Waals surface area contributed by atoms with Crippen LogP contribution < -0.4 is 5.32 Å². The molecule has 84 valence electrons. The molecule has 0 bridgehead atoms. The Hall–Kier alpha value is -0.610. The highest BCUT2D eigenvalue weighted by Gasteiger charge is 2.06. The normalized spacial score (nSPS) is 12.7. The zero-order valence-electron chi connectivity index (χ0n) is 9.44. The molecule has 0 aromatic carbocycles. The molecule has 4 heteroatoms. The Balaban J connectivity index is 2.33. The minimum Gasteiger partial charge on any atom is -0.313 e. The zero-order valence-corrected chi connectivity index (χ0v) is 10.3. The SMILES string of the molecule is CCCC(CSc1ccncn1)NCC. The molecule has 0 spiro atoms. The third-order valence-corrected chi connectivity index (χ3v) is 3.22. The van der Waals surface area contributed by atoms with E-state index in [0.29, 0.717) is 6.04 Å². The molecule has 15 heavy (non-hydrogen) atoms. The Labute approximate surface area is 96.1 Å². The minimum absolute atomic E-state index is 0.597. The Morgan fingerprint density at radius 3 is 2.93 bits per heavy atom. The Bertz CT molecular complexity index is 247. The van der Waals surface area contributed by atoms with Crippen LogP contribution in [0, 0.1) is 0 Å². The van der Waals surface area contributed by atoms with E-state index in [1.807, 2.05) is 6.07 Å². The van der Waals surface area contributed by atoms with Gasteiger partial charge in [-0.15, -0.1) is 11.8 Å². The van der Waals surface area contributed by atoms with Gasteiger partial charge < -0.3 is 5.32 Å². The van der Waals surface area contributed by atoms with Gasteiger partial charge in [0.25, 0.3) is 0 Å². The third kappa shape index (κ3) is 5.14. The van der Waals surface area contributed by atoms with Crippen molar-refractivity contribution in [1.82, 2.24) is 15.3 Å². The molecule has 1 aromatic heterocycles. The molecule has 1 N–H and O–H groups in total. The lowest BCUT2D eigenvalue weighted by Crippen LogP contribution is -2.30. The smallest absolute Gasteiger partial charge is 0.116 e. The van der Waals surface area contributed by atoms with Gasteiger partial charge in [0, 0.05) is 18.0 Å². The van der Waals surface area contributed by atoms with Gasteiger partial charge in [-0.25, -0.2) is 9.97 Å². The summed E-state index contributed by atoms with van der Waals surface area (Å²) in [6, 6.07) is 2.56. The maximum absolute atomic E-state index is 4.20. The summed E-state index contributed by atoms with van der Waals surface area (Å²) in [5.41, 5.74) is 0. The summed E-state index contributed by atoms with van der Waals surface area (Å²) >= 11 is 1.79. The van der Waals surface area contributed by atoms with Gasteiger partial charge >= 0.3 is 0 Å². The van der Waals surface area contributed by atoms with E-state index in [4.69, 9.17) is 0 Å². The van der Waals surface area contributed by atoms with Crippen LogP contribution in [0.4, 0.5) is 0 Å². The van der Waals surface area contributed by atoms with Crippen LogP contribution in [0.2, 0.25) is 0 Å². The van der Waals surface area contributed by atoms with Gasteiger partial charge in [-0.1, -0.05) is 20.3 Å². The second-order valence-electron chi connectivity index (χ2n) is 3.40. The average Bonchev–Trinajstić information content (AvgIpc) is 2.28. The van der Waals surface area contributed by atoms with Crippen molar-refractivity contribution in [3.63, 3.8) is 0 Å². The molecule has 0 saturated carbocycles. The molecule has 0 aliphatic carbocycles. The predicted molar refractivity (Wildman–Crippen MR) is 65.1 cm³/mol. The molecule has 0 fully saturated rings. The summed E-state index contributed by atoms with van der Waals surface area (Å²) in [5.74, 6) is 1.08. The van der Waals surface area contributed by atoms with Crippen LogP contribution in [-0.4, -0.2) is 28.3 Å². The number of hydrogen-bond acceptors (Lipinski definition) is 4. The lowest BCUT2D eigenvalue weighted by atomic mass is 10.2. The van der Waals surface area contributed by atoms with E-state index in [0.717, 1.165) is 17.3 Å².